The molecule has 0 atom stereocenters. The fraction of sp³-hybridized carbons (Fsp3) is 0.200. The van der Waals surface area contributed by atoms with E-state index in [0.717, 1.165) is 10.6 Å². The van der Waals surface area contributed by atoms with Gasteiger partial charge in [0.15, 0.2) is 0 Å². The summed E-state index contributed by atoms with van der Waals surface area (Å²) in [7, 11) is 0. The Labute approximate surface area is 131 Å². The molecule has 22 heavy (non-hydrogen) atoms. The molecule has 0 aliphatic heterocycles. The van der Waals surface area contributed by atoms with Gasteiger partial charge in [-0.15, -0.1) is 10.2 Å². The number of hydrogen-bond donors (Lipinski definition) is 1. The first-order chi connectivity index (χ1) is 10.6. The second-order valence-corrected chi connectivity index (χ2v) is 5.88. The van der Waals surface area contributed by atoms with Crippen LogP contribution >= 0.6 is 11.3 Å². The Morgan fingerprint density at radius 2 is 2.00 bits per heavy atom. The van der Waals surface area contributed by atoms with Crippen molar-refractivity contribution in [3.05, 3.63) is 57.9 Å². The van der Waals surface area contributed by atoms with Gasteiger partial charge in [0, 0.05) is 6.42 Å². The van der Waals surface area contributed by atoms with Crippen LogP contribution < -0.4 is 5.32 Å². The molecule has 6 nitrogen and oxygen atoms in total. The minimum atomic E-state index is -0.279. The zero-order valence-electron chi connectivity index (χ0n) is 12.2. The quantitative estimate of drug-likeness (QED) is 0.800. The Morgan fingerprint density at radius 3 is 2.68 bits per heavy atom. The van der Waals surface area contributed by atoms with E-state index in [2.05, 4.69) is 20.7 Å². The van der Waals surface area contributed by atoms with Gasteiger partial charge in [0.1, 0.15) is 16.3 Å². The standard InChI is InChI=1S/C15H14N4O2S/c1-9-13(10(2)21-19-9)14(20)16-15-18-17-12(22-15)8-11-6-4-3-5-7-11/h3-7H,8H2,1-2H3,(H,16,18,20). The normalized spacial score (nSPS) is 10.6. The molecule has 3 rings (SSSR count). The molecule has 3 aromatic rings. The molecule has 112 valence electrons. The van der Waals surface area contributed by atoms with E-state index in [0.29, 0.717) is 28.6 Å². The lowest BCUT2D eigenvalue weighted by Gasteiger charge is -1.99. The highest BCUT2D eigenvalue weighted by atomic mass is 32.1. The van der Waals surface area contributed by atoms with Gasteiger partial charge in [-0.2, -0.15) is 0 Å². The number of aromatic nitrogens is 3. The molecule has 7 heteroatoms. The Bertz CT molecular complexity index is 775. The first kappa shape index (κ1) is 14.4. The molecular weight excluding hydrogens is 300 g/mol. The Kier molecular flexibility index (Phi) is 3.97. The van der Waals surface area contributed by atoms with E-state index in [1.165, 1.54) is 11.3 Å². The molecule has 0 spiro atoms. The summed E-state index contributed by atoms with van der Waals surface area (Å²) >= 11 is 1.36. The fourth-order valence-electron chi connectivity index (χ4n) is 2.11. The lowest BCUT2D eigenvalue weighted by atomic mass is 10.2. The predicted octanol–water partition coefficient (Wildman–Crippen LogP) is 2.99. The van der Waals surface area contributed by atoms with E-state index in [-0.39, 0.29) is 5.91 Å². The molecule has 0 saturated heterocycles. The molecule has 0 radical (unpaired) electrons. The monoisotopic (exact) mass is 314 g/mol. The fourth-order valence-corrected chi connectivity index (χ4v) is 2.88. The molecule has 0 aliphatic rings. The maximum absolute atomic E-state index is 12.2. The van der Waals surface area contributed by atoms with Crippen molar-refractivity contribution >= 4 is 22.4 Å². The summed E-state index contributed by atoms with van der Waals surface area (Å²) in [5.41, 5.74) is 2.16. The predicted molar refractivity (Wildman–Crippen MR) is 83.1 cm³/mol. The van der Waals surface area contributed by atoms with Crippen LogP contribution in [0.15, 0.2) is 34.9 Å². The summed E-state index contributed by atoms with van der Waals surface area (Å²) < 4.78 is 4.99. The van der Waals surface area contributed by atoms with E-state index in [1.807, 2.05) is 30.3 Å². The van der Waals surface area contributed by atoms with Crippen LogP contribution in [0.4, 0.5) is 5.13 Å². The lowest BCUT2D eigenvalue weighted by molar-refractivity contribution is 0.102. The largest absolute Gasteiger partial charge is 0.361 e. The van der Waals surface area contributed by atoms with E-state index >= 15 is 0 Å². The van der Waals surface area contributed by atoms with Crippen LogP contribution in [0.25, 0.3) is 0 Å². The molecule has 1 amide bonds. The Hall–Kier alpha value is -2.54. The van der Waals surface area contributed by atoms with Crippen LogP contribution in [0, 0.1) is 13.8 Å². The number of anilines is 1. The van der Waals surface area contributed by atoms with Crippen molar-refractivity contribution in [1.29, 1.82) is 0 Å². The first-order valence-electron chi connectivity index (χ1n) is 6.74. The molecule has 0 aliphatic carbocycles. The van der Waals surface area contributed by atoms with E-state index < -0.39 is 0 Å². The molecule has 2 aromatic heterocycles. The van der Waals surface area contributed by atoms with Gasteiger partial charge >= 0.3 is 0 Å². The van der Waals surface area contributed by atoms with Crippen LogP contribution in [0.1, 0.15) is 32.4 Å². The molecule has 1 N–H and O–H groups in total. The maximum atomic E-state index is 12.2. The van der Waals surface area contributed by atoms with E-state index in [9.17, 15) is 4.79 Å². The van der Waals surface area contributed by atoms with Gasteiger partial charge in [-0.1, -0.05) is 46.8 Å². The number of aryl methyl sites for hydroxylation is 2. The van der Waals surface area contributed by atoms with Crippen molar-refractivity contribution in [1.82, 2.24) is 15.4 Å². The number of rotatable bonds is 4. The zero-order valence-corrected chi connectivity index (χ0v) is 13.0. The lowest BCUT2D eigenvalue weighted by Crippen LogP contribution is -2.13. The zero-order chi connectivity index (χ0) is 15.5. The SMILES string of the molecule is Cc1noc(C)c1C(=O)Nc1nnc(Cc2ccccc2)s1. The molecule has 2 heterocycles. The minimum Gasteiger partial charge on any atom is -0.361 e. The number of carbonyl (C=O) groups is 1. The van der Waals surface area contributed by atoms with Crippen LogP contribution in [0.2, 0.25) is 0 Å². The second kappa shape index (κ2) is 6.07. The van der Waals surface area contributed by atoms with E-state index in [4.69, 9.17) is 4.52 Å². The van der Waals surface area contributed by atoms with Crippen molar-refractivity contribution in [3.8, 4) is 0 Å². The van der Waals surface area contributed by atoms with Crippen molar-refractivity contribution in [2.24, 2.45) is 0 Å². The minimum absolute atomic E-state index is 0.279. The van der Waals surface area contributed by atoms with Gasteiger partial charge in [0.2, 0.25) is 5.13 Å². The highest BCUT2D eigenvalue weighted by molar-refractivity contribution is 7.15. The van der Waals surface area contributed by atoms with Gasteiger partial charge in [0.25, 0.3) is 5.91 Å². The maximum Gasteiger partial charge on any atom is 0.263 e. The van der Waals surface area contributed by atoms with Crippen LogP contribution in [0.3, 0.4) is 0 Å². The van der Waals surface area contributed by atoms with Gasteiger partial charge < -0.3 is 4.52 Å². The molecular formula is C15H14N4O2S. The molecule has 1 aromatic carbocycles. The Morgan fingerprint density at radius 1 is 1.23 bits per heavy atom. The van der Waals surface area contributed by atoms with Crippen molar-refractivity contribution in [2.75, 3.05) is 5.32 Å². The van der Waals surface area contributed by atoms with E-state index in [1.54, 1.807) is 13.8 Å². The van der Waals surface area contributed by atoms with Crippen molar-refractivity contribution in [3.63, 3.8) is 0 Å². The molecule has 0 fully saturated rings. The van der Waals surface area contributed by atoms with Crippen molar-refractivity contribution in [2.45, 2.75) is 20.3 Å². The van der Waals surface area contributed by atoms with Gasteiger partial charge in [0.05, 0.1) is 5.69 Å². The van der Waals surface area contributed by atoms with Crippen LogP contribution in [-0.2, 0) is 6.42 Å². The van der Waals surface area contributed by atoms with Gasteiger partial charge in [-0.05, 0) is 19.4 Å². The average Bonchev–Trinajstić information content (AvgIpc) is 3.07. The van der Waals surface area contributed by atoms with Gasteiger partial charge in [-0.3, -0.25) is 10.1 Å². The average molecular weight is 314 g/mol. The number of nitrogens with one attached hydrogen (secondary N) is 1. The molecule has 0 saturated carbocycles. The second-order valence-electron chi connectivity index (χ2n) is 4.82. The summed E-state index contributed by atoms with van der Waals surface area (Å²) in [6.07, 6.45) is 0.694. The number of amides is 1. The number of benzene rings is 1. The number of nitrogens with zero attached hydrogens (tertiary/aromatic N) is 3. The number of carbonyl (C=O) groups excluding carboxylic acids is 1. The Balaban J connectivity index is 1.71. The highest BCUT2D eigenvalue weighted by Crippen LogP contribution is 2.20. The van der Waals surface area contributed by atoms with Crippen LogP contribution in [-0.4, -0.2) is 21.3 Å². The highest BCUT2D eigenvalue weighted by Gasteiger charge is 2.19. The first-order valence-corrected chi connectivity index (χ1v) is 7.55. The topological polar surface area (TPSA) is 80.9 Å². The molecule has 0 bridgehead atoms. The third-order valence-corrected chi connectivity index (χ3v) is 3.98. The molecule has 0 unspecified atom stereocenters. The number of hydrogen-bond acceptors (Lipinski definition) is 6. The third-order valence-electron chi connectivity index (χ3n) is 3.15. The third kappa shape index (κ3) is 3.04. The van der Waals surface area contributed by atoms with Gasteiger partial charge in [-0.25, -0.2) is 0 Å². The summed E-state index contributed by atoms with van der Waals surface area (Å²) in [6.45, 7) is 3.43. The summed E-state index contributed by atoms with van der Waals surface area (Å²) in [5, 5.41) is 15.9. The summed E-state index contributed by atoms with van der Waals surface area (Å²) in [6, 6.07) is 10.00. The summed E-state index contributed by atoms with van der Waals surface area (Å²) in [5.74, 6) is 0.211. The summed E-state index contributed by atoms with van der Waals surface area (Å²) in [4.78, 5) is 12.2. The van der Waals surface area contributed by atoms with Crippen LogP contribution in [0.5, 0.6) is 0 Å². The van der Waals surface area contributed by atoms with Crippen molar-refractivity contribution < 1.29 is 9.32 Å². The smallest absolute Gasteiger partial charge is 0.263 e.